The average molecular weight is 332 g/mol. The van der Waals surface area contributed by atoms with Crippen molar-refractivity contribution in [3.63, 3.8) is 0 Å². The van der Waals surface area contributed by atoms with E-state index in [-0.39, 0.29) is 12.5 Å². The molecule has 21 heavy (non-hydrogen) atoms. The van der Waals surface area contributed by atoms with Gasteiger partial charge in [0.1, 0.15) is 5.75 Å². The highest BCUT2D eigenvalue weighted by atomic mass is 35.5. The highest BCUT2D eigenvalue weighted by molar-refractivity contribution is 6.35. The molecule has 1 aromatic carbocycles. The van der Waals surface area contributed by atoms with Crippen molar-refractivity contribution in [3.05, 3.63) is 28.2 Å². The van der Waals surface area contributed by atoms with Crippen LogP contribution in [0.2, 0.25) is 10.0 Å². The van der Waals surface area contributed by atoms with Crippen LogP contribution in [0.25, 0.3) is 0 Å². The van der Waals surface area contributed by atoms with Crippen molar-refractivity contribution < 1.29 is 14.3 Å². The van der Waals surface area contributed by atoms with Crippen LogP contribution in [0.4, 0.5) is 0 Å². The molecule has 1 atom stereocenters. The summed E-state index contributed by atoms with van der Waals surface area (Å²) < 4.78 is 10.8. The maximum Gasteiger partial charge on any atom is 0.257 e. The molecular formula is C15H19Cl2NO3. The number of hydrogen-bond donors (Lipinski definition) is 1. The summed E-state index contributed by atoms with van der Waals surface area (Å²) in [6.45, 7) is 2.25. The first-order valence-corrected chi connectivity index (χ1v) is 7.83. The zero-order chi connectivity index (χ0) is 15.1. The van der Waals surface area contributed by atoms with Gasteiger partial charge in [-0.05, 0) is 43.4 Å². The van der Waals surface area contributed by atoms with Gasteiger partial charge in [-0.2, -0.15) is 0 Å². The van der Waals surface area contributed by atoms with Gasteiger partial charge < -0.3 is 14.8 Å². The SMILES string of the molecule is O=C(COc1ccc(Cl)cc1Cl)NCCC1CCCOC1. The summed E-state index contributed by atoms with van der Waals surface area (Å²) in [5.74, 6) is 0.848. The van der Waals surface area contributed by atoms with E-state index in [0.29, 0.717) is 28.3 Å². The lowest BCUT2D eigenvalue weighted by molar-refractivity contribution is -0.123. The zero-order valence-corrected chi connectivity index (χ0v) is 13.3. The van der Waals surface area contributed by atoms with Crippen LogP contribution in [0, 0.1) is 5.92 Å². The Bertz CT molecular complexity index is 476. The third-order valence-corrected chi connectivity index (χ3v) is 3.91. The van der Waals surface area contributed by atoms with Crippen molar-refractivity contribution >= 4 is 29.1 Å². The number of rotatable bonds is 6. The minimum absolute atomic E-state index is 0.0531. The molecule has 1 N–H and O–H groups in total. The molecule has 2 rings (SSSR count). The fourth-order valence-corrected chi connectivity index (χ4v) is 2.70. The molecule has 4 nitrogen and oxygen atoms in total. The molecule has 1 aromatic rings. The third kappa shape index (κ3) is 5.73. The van der Waals surface area contributed by atoms with Crippen molar-refractivity contribution in [3.8, 4) is 5.75 Å². The van der Waals surface area contributed by atoms with Gasteiger partial charge >= 0.3 is 0 Å². The molecule has 0 aromatic heterocycles. The number of halogens is 2. The zero-order valence-electron chi connectivity index (χ0n) is 11.7. The molecule has 0 spiro atoms. The summed E-state index contributed by atoms with van der Waals surface area (Å²) in [4.78, 5) is 11.7. The summed E-state index contributed by atoms with van der Waals surface area (Å²) in [5.41, 5.74) is 0. The number of carbonyl (C=O) groups is 1. The highest BCUT2D eigenvalue weighted by Crippen LogP contribution is 2.27. The van der Waals surface area contributed by atoms with Crippen LogP contribution >= 0.6 is 23.2 Å². The Balaban J connectivity index is 1.65. The lowest BCUT2D eigenvalue weighted by atomic mass is 9.99. The summed E-state index contributed by atoms with van der Waals surface area (Å²) in [6, 6.07) is 4.90. The first kappa shape index (κ1) is 16.4. The molecule has 1 fully saturated rings. The summed E-state index contributed by atoms with van der Waals surface area (Å²) in [5, 5.41) is 3.77. The summed E-state index contributed by atoms with van der Waals surface area (Å²) in [7, 11) is 0. The van der Waals surface area contributed by atoms with E-state index in [2.05, 4.69) is 5.32 Å². The molecule has 1 aliphatic heterocycles. The van der Waals surface area contributed by atoms with Gasteiger partial charge in [-0.1, -0.05) is 23.2 Å². The molecule has 1 aliphatic rings. The summed E-state index contributed by atoms with van der Waals surface area (Å²) >= 11 is 11.8. The van der Waals surface area contributed by atoms with Crippen molar-refractivity contribution in [1.82, 2.24) is 5.32 Å². The van der Waals surface area contributed by atoms with Crippen LogP contribution in [-0.2, 0) is 9.53 Å². The molecule has 0 saturated carbocycles. The molecule has 0 aliphatic carbocycles. The first-order chi connectivity index (χ1) is 10.1. The number of carbonyl (C=O) groups excluding carboxylic acids is 1. The molecule has 116 valence electrons. The van der Waals surface area contributed by atoms with E-state index < -0.39 is 0 Å². The highest BCUT2D eigenvalue weighted by Gasteiger charge is 2.14. The van der Waals surface area contributed by atoms with Crippen molar-refractivity contribution in [1.29, 1.82) is 0 Å². The van der Waals surface area contributed by atoms with Gasteiger partial charge in [0.15, 0.2) is 6.61 Å². The van der Waals surface area contributed by atoms with E-state index in [1.165, 1.54) is 6.42 Å². The Morgan fingerprint density at radius 1 is 1.43 bits per heavy atom. The molecule has 0 radical (unpaired) electrons. The molecule has 1 saturated heterocycles. The second-order valence-corrected chi connectivity index (χ2v) is 5.93. The van der Waals surface area contributed by atoms with E-state index in [1.54, 1.807) is 18.2 Å². The van der Waals surface area contributed by atoms with Gasteiger partial charge in [-0.15, -0.1) is 0 Å². The number of amides is 1. The van der Waals surface area contributed by atoms with Crippen molar-refractivity contribution in [2.75, 3.05) is 26.4 Å². The fraction of sp³-hybridized carbons (Fsp3) is 0.533. The Morgan fingerprint density at radius 2 is 2.29 bits per heavy atom. The standard InChI is InChI=1S/C15H19Cl2NO3/c16-12-3-4-14(13(17)8-12)21-10-15(19)18-6-5-11-2-1-7-20-9-11/h3-4,8,11H,1-2,5-7,9-10H2,(H,18,19). The Hall–Kier alpha value is -0.970. The van der Waals surface area contributed by atoms with Crippen molar-refractivity contribution in [2.45, 2.75) is 19.3 Å². The van der Waals surface area contributed by atoms with Gasteiger partial charge in [-0.3, -0.25) is 4.79 Å². The monoisotopic (exact) mass is 331 g/mol. The molecule has 6 heteroatoms. The van der Waals surface area contributed by atoms with Crippen LogP contribution in [0.5, 0.6) is 5.75 Å². The predicted octanol–water partition coefficient (Wildman–Crippen LogP) is 3.31. The third-order valence-electron chi connectivity index (χ3n) is 3.38. The van der Waals surface area contributed by atoms with Gasteiger partial charge in [0.25, 0.3) is 5.91 Å². The van der Waals surface area contributed by atoms with Crippen LogP contribution in [0.15, 0.2) is 18.2 Å². The largest absolute Gasteiger partial charge is 0.482 e. The van der Waals surface area contributed by atoms with Gasteiger partial charge in [-0.25, -0.2) is 0 Å². The number of benzene rings is 1. The van der Waals surface area contributed by atoms with Crippen LogP contribution < -0.4 is 10.1 Å². The molecular weight excluding hydrogens is 313 g/mol. The number of ether oxygens (including phenoxy) is 2. The molecule has 1 amide bonds. The molecule has 0 bridgehead atoms. The van der Waals surface area contributed by atoms with Crippen molar-refractivity contribution in [2.24, 2.45) is 5.92 Å². The lowest BCUT2D eigenvalue weighted by Crippen LogP contribution is -2.31. The average Bonchev–Trinajstić information content (AvgIpc) is 2.47. The Kier molecular flexibility index (Phi) is 6.61. The van der Waals surface area contributed by atoms with Gasteiger partial charge in [0.2, 0.25) is 0 Å². The Morgan fingerprint density at radius 3 is 3.00 bits per heavy atom. The predicted molar refractivity (Wildman–Crippen MR) is 83.1 cm³/mol. The second-order valence-electron chi connectivity index (χ2n) is 5.09. The second kappa shape index (κ2) is 8.47. The van der Waals surface area contributed by atoms with Gasteiger partial charge in [0, 0.05) is 24.8 Å². The number of hydrogen-bond acceptors (Lipinski definition) is 3. The maximum absolute atomic E-state index is 11.7. The Labute approximate surface area is 134 Å². The van der Waals surface area contributed by atoms with Crippen LogP contribution in [-0.4, -0.2) is 32.3 Å². The topological polar surface area (TPSA) is 47.6 Å². The van der Waals surface area contributed by atoms with Crippen LogP contribution in [0.3, 0.4) is 0 Å². The van der Waals surface area contributed by atoms with E-state index in [1.807, 2.05) is 0 Å². The van der Waals surface area contributed by atoms with E-state index in [9.17, 15) is 4.79 Å². The smallest absolute Gasteiger partial charge is 0.257 e. The quantitative estimate of drug-likeness (QED) is 0.869. The summed E-state index contributed by atoms with van der Waals surface area (Å²) in [6.07, 6.45) is 3.22. The minimum atomic E-state index is -0.155. The molecule has 1 unspecified atom stereocenters. The maximum atomic E-state index is 11.7. The van der Waals surface area contributed by atoms with E-state index in [4.69, 9.17) is 32.7 Å². The van der Waals surface area contributed by atoms with Crippen LogP contribution in [0.1, 0.15) is 19.3 Å². The lowest BCUT2D eigenvalue weighted by Gasteiger charge is -2.21. The minimum Gasteiger partial charge on any atom is -0.482 e. The molecule has 1 heterocycles. The fourth-order valence-electron chi connectivity index (χ4n) is 2.24. The number of nitrogens with one attached hydrogen (secondary N) is 1. The van der Waals surface area contributed by atoms with E-state index in [0.717, 1.165) is 26.1 Å². The first-order valence-electron chi connectivity index (χ1n) is 7.07. The normalized spacial score (nSPS) is 18.3. The van der Waals surface area contributed by atoms with Gasteiger partial charge in [0.05, 0.1) is 5.02 Å². The van der Waals surface area contributed by atoms with E-state index >= 15 is 0 Å².